The van der Waals surface area contributed by atoms with Crippen LogP contribution in [0.4, 0.5) is 0 Å². The molecule has 1 aliphatic rings. The number of likely N-dealkylation sites (N-methyl/N-ethyl adjacent to an activating group) is 1. The summed E-state index contributed by atoms with van der Waals surface area (Å²) in [6, 6.07) is 0. The smallest absolute Gasteiger partial charge is 0.236 e. The maximum atomic E-state index is 12.9. The Labute approximate surface area is 149 Å². The standard InChI is InChI=1S/C18H29N5O2/c1-19-13-16(24)23-11-5-8-18(14-23,17(25)22(2)3)7-4-6-15-12-20-9-10-21-15/h9-10,12,19H,4-8,11,13-14H2,1-3H3. The lowest BCUT2D eigenvalue weighted by atomic mass is 9.74. The highest BCUT2D eigenvalue weighted by molar-refractivity contribution is 5.84. The van der Waals surface area contributed by atoms with Crippen molar-refractivity contribution in [3.05, 3.63) is 24.3 Å². The van der Waals surface area contributed by atoms with E-state index in [0.29, 0.717) is 13.1 Å². The Morgan fingerprint density at radius 2 is 2.16 bits per heavy atom. The van der Waals surface area contributed by atoms with Crippen molar-refractivity contribution in [2.24, 2.45) is 5.41 Å². The van der Waals surface area contributed by atoms with Crippen molar-refractivity contribution in [3.63, 3.8) is 0 Å². The molecule has 1 atom stereocenters. The van der Waals surface area contributed by atoms with Gasteiger partial charge in [-0.2, -0.15) is 0 Å². The predicted molar refractivity (Wildman–Crippen MR) is 95.8 cm³/mol. The highest BCUT2D eigenvalue weighted by Crippen LogP contribution is 2.36. The molecule has 0 radical (unpaired) electrons. The van der Waals surface area contributed by atoms with E-state index in [1.807, 2.05) is 4.90 Å². The summed E-state index contributed by atoms with van der Waals surface area (Å²) in [6.45, 7) is 1.55. The number of nitrogens with one attached hydrogen (secondary N) is 1. The van der Waals surface area contributed by atoms with Crippen molar-refractivity contribution < 1.29 is 9.59 Å². The van der Waals surface area contributed by atoms with E-state index in [2.05, 4.69) is 15.3 Å². The minimum atomic E-state index is -0.493. The Morgan fingerprint density at radius 1 is 1.36 bits per heavy atom. The summed E-state index contributed by atoms with van der Waals surface area (Å²) in [5, 5.41) is 2.91. The van der Waals surface area contributed by atoms with Gasteiger partial charge in [-0.3, -0.25) is 19.6 Å². The van der Waals surface area contributed by atoms with Crippen LogP contribution in [0.25, 0.3) is 0 Å². The lowest BCUT2D eigenvalue weighted by Crippen LogP contribution is -2.54. The second-order valence-corrected chi connectivity index (χ2v) is 6.98. The fraction of sp³-hybridized carbons (Fsp3) is 0.667. The number of likely N-dealkylation sites (tertiary alicyclic amines) is 1. The van der Waals surface area contributed by atoms with Crippen molar-refractivity contribution in [1.29, 1.82) is 0 Å². The molecule has 1 unspecified atom stereocenters. The summed E-state index contributed by atoms with van der Waals surface area (Å²) >= 11 is 0. The third kappa shape index (κ3) is 4.98. The van der Waals surface area contributed by atoms with Gasteiger partial charge in [0.25, 0.3) is 0 Å². The summed E-state index contributed by atoms with van der Waals surface area (Å²) in [5.74, 6) is 0.181. The number of nitrogens with zero attached hydrogens (tertiary/aromatic N) is 4. The van der Waals surface area contributed by atoms with E-state index in [-0.39, 0.29) is 11.8 Å². The SMILES string of the molecule is CNCC(=O)N1CCCC(CCCc2cnccn2)(C(=O)N(C)C)C1. The van der Waals surface area contributed by atoms with Crippen LogP contribution in [0.2, 0.25) is 0 Å². The average Bonchev–Trinajstić information content (AvgIpc) is 2.62. The van der Waals surface area contributed by atoms with E-state index in [0.717, 1.165) is 44.3 Å². The molecule has 7 heteroatoms. The first-order chi connectivity index (χ1) is 12.0. The topological polar surface area (TPSA) is 78.4 Å². The maximum Gasteiger partial charge on any atom is 0.236 e. The van der Waals surface area contributed by atoms with Gasteiger partial charge in [0.1, 0.15) is 0 Å². The van der Waals surface area contributed by atoms with Crippen LogP contribution < -0.4 is 5.32 Å². The summed E-state index contributed by atoms with van der Waals surface area (Å²) in [7, 11) is 5.35. The number of hydrogen-bond acceptors (Lipinski definition) is 5. The first-order valence-electron chi connectivity index (χ1n) is 8.87. The van der Waals surface area contributed by atoms with Gasteiger partial charge in [0, 0.05) is 45.8 Å². The molecule has 7 nitrogen and oxygen atoms in total. The molecule has 138 valence electrons. The molecule has 0 aromatic carbocycles. The number of carbonyl (C=O) groups is 2. The Bertz CT molecular complexity index is 578. The number of aryl methyl sites for hydroxylation is 1. The van der Waals surface area contributed by atoms with E-state index in [4.69, 9.17) is 0 Å². The number of amides is 2. The van der Waals surface area contributed by atoms with Crippen molar-refractivity contribution in [3.8, 4) is 0 Å². The molecule has 2 heterocycles. The summed E-state index contributed by atoms with van der Waals surface area (Å²) < 4.78 is 0. The number of hydrogen-bond donors (Lipinski definition) is 1. The number of carbonyl (C=O) groups excluding carboxylic acids is 2. The summed E-state index contributed by atoms with van der Waals surface area (Å²) in [4.78, 5) is 37.1. The largest absolute Gasteiger partial charge is 0.348 e. The second kappa shape index (κ2) is 8.89. The van der Waals surface area contributed by atoms with Gasteiger partial charge in [-0.25, -0.2) is 0 Å². The van der Waals surface area contributed by atoms with Crippen LogP contribution in [-0.4, -0.2) is 72.4 Å². The van der Waals surface area contributed by atoms with Gasteiger partial charge >= 0.3 is 0 Å². The number of aromatic nitrogens is 2. The fourth-order valence-corrected chi connectivity index (χ4v) is 3.63. The van der Waals surface area contributed by atoms with Crippen LogP contribution >= 0.6 is 0 Å². The predicted octanol–water partition coefficient (Wildman–Crippen LogP) is 0.716. The third-order valence-electron chi connectivity index (χ3n) is 4.82. The number of rotatable bonds is 7. The third-order valence-corrected chi connectivity index (χ3v) is 4.82. The lowest BCUT2D eigenvalue weighted by molar-refractivity contribution is -0.147. The Morgan fingerprint density at radius 3 is 2.80 bits per heavy atom. The minimum absolute atomic E-state index is 0.0621. The highest BCUT2D eigenvalue weighted by Gasteiger charge is 2.43. The molecule has 0 bridgehead atoms. The van der Waals surface area contributed by atoms with Gasteiger partial charge in [-0.05, 0) is 39.2 Å². The molecule has 1 N–H and O–H groups in total. The van der Waals surface area contributed by atoms with Gasteiger partial charge in [0.05, 0.1) is 17.7 Å². The lowest BCUT2D eigenvalue weighted by Gasteiger charge is -2.43. The average molecular weight is 347 g/mol. The van der Waals surface area contributed by atoms with Gasteiger partial charge < -0.3 is 15.1 Å². The molecule has 2 rings (SSSR count). The second-order valence-electron chi connectivity index (χ2n) is 6.98. The van der Waals surface area contributed by atoms with Crippen molar-refractivity contribution in [2.75, 3.05) is 40.8 Å². The van der Waals surface area contributed by atoms with E-state index in [1.165, 1.54) is 0 Å². The van der Waals surface area contributed by atoms with Crippen LogP contribution in [0.5, 0.6) is 0 Å². The van der Waals surface area contributed by atoms with Crippen molar-refractivity contribution in [1.82, 2.24) is 25.1 Å². The quantitative estimate of drug-likeness (QED) is 0.786. The zero-order chi connectivity index (χ0) is 18.3. The van der Waals surface area contributed by atoms with Crippen LogP contribution in [0.1, 0.15) is 31.4 Å². The maximum absolute atomic E-state index is 12.9. The first kappa shape index (κ1) is 19.3. The van der Waals surface area contributed by atoms with E-state index in [1.54, 1.807) is 44.6 Å². The molecule has 2 amide bonds. The molecular formula is C18H29N5O2. The zero-order valence-electron chi connectivity index (χ0n) is 15.5. The molecule has 1 saturated heterocycles. The molecular weight excluding hydrogens is 318 g/mol. The summed E-state index contributed by atoms with van der Waals surface area (Å²) in [5.41, 5.74) is 0.446. The van der Waals surface area contributed by atoms with Crippen LogP contribution in [0.3, 0.4) is 0 Å². The van der Waals surface area contributed by atoms with Gasteiger partial charge in [0.2, 0.25) is 11.8 Å². The van der Waals surface area contributed by atoms with Gasteiger partial charge in [0.15, 0.2) is 0 Å². The first-order valence-corrected chi connectivity index (χ1v) is 8.87. The monoisotopic (exact) mass is 347 g/mol. The molecule has 1 aromatic rings. The Kier molecular flexibility index (Phi) is 6.87. The molecule has 0 spiro atoms. The highest BCUT2D eigenvalue weighted by atomic mass is 16.2. The van der Waals surface area contributed by atoms with E-state index in [9.17, 15) is 9.59 Å². The summed E-state index contributed by atoms with van der Waals surface area (Å²) in [6.07, 6.45) is 9.21. The molecule has 1 fully saturated rings. The van der Waals surface area contributed by atoms with Gasteiger partial charge in [-0.15, -0.1) is 0 Å². The molecule has 0 aliphatic carbocycles. The van der Waals surface area contributed by atoms with E-state index < -0.39 is 5.41 Å². The molecule has 25 heavy (non-hydrogen) atoms. The van der Waals surface area contributed by atoms with Crippen molar-refractivity contribution >= 4 is 11.8 Å². The van der Waals surface area contributed by atoms with Crippen LogP contribution in [-0.2, 0) is 16.0 Å². The fourth-order valence-electron chi connectivity index (χ4n) is 3.63. The Hall–Kier alpha value is -2.02. The zero-order valence-corrected chi connectivity index (χ0v) is 15.5. The van der Waals surface area contributed by atoms with Crippen LogP contribution in [0, 0.1) is 5.41 Å². The van der Waals surface area contributed by atoms with Crippen molar-refractivity contribution in [2.45, 2.75) is 32.1 Å². The molecule has 1 aliphatic heterocycles. The number of piperidine rings is 1. The van der Waals surface area contributed by atoms with E-state index >= 15 is 0 Å². The Balaban J connectivity index is 2.08. The molecule has 0 saturated carbocycles. The van der Waals surface area contributed by atoms with Gasteiger partial charge in [-0.1, -0.05) is 0 Å². The minimum Gasteiger partial charge on any atom is -0.348 e. The molecule has 1 aromatic heterocycles. The van der Waals surface area contributed by atoms with Crippen LogP contribution in [0.15, 0.2) is 18.6 Å². The normalized spacial score (nSPS) is 20.4.